The average molecular weight is 522 g/mol. The molecule has 5 nitrogen and oxygen atoms in total. The molecule has 0 spiro atoms. The van der Waals surface area contributed by atoms with Crippen molar-refractivity contribution in [2.45, 2.75) is 51.1 Å². The molecule has 2 heterocycles. The van der Waals surface area contributed by atoms with Gasteiger partial charge in [0.25, 0.3) is 5.91 Å². The molecular weight excluding hydrogens is 499 g/mol. The molecule has 3 amide bonds. The third-order valence-corrected chi connectivity index (χ3v) is 7.31. The third-order valence-electron chi connectivity index (χ3n) is 5.73. The van der Waals surface area contributed by atoms with Crippen molar-refractivity contribution in [3.05, 3.63) is 50.2 Å². The number of carbonyl (C=O) groups is 3. The summed E-state index contributed by atoms with van der Waals surface area (Å²) >= 11 is 3.76. The Balaban J connectivity index is 1.61. The van der Waals surface area contributed by atoms with Crippen molar-refractivity contribution in [3.8, 4) is 0 Å². The predicted molar refractivity (Wildman–Crippen MR) is 122 cm³/mol. The number of hydrogen-bond acceptors (Lipinski definition) is 4. The number of halogens is 1. The molecule has 1 saturated carbocycles. The average Bonchev–Trinajstić information content (AvgIpc) is 3.35. The summed E-state index contributed by atoms with van der Waals surface area (Å²) in [6.45, 7) is 0.386. The van der Waals surface area contributed by atoms with Crippen molar-refractivity contribution >= 4 is 57.3 Å². The summed E-state index contributed by atoms with van der Waals surface area (Å²) in [7, 11) is 0. The summed E-state index contributed by atoms with van der Waals surface area (Å²) in [5.41, 5.74) is 0.573. The quantitative estimate of drug-likeness (QED) is 0.427. The zero-order valence-corrected chi connectivity index (χ0v) is 19.0. The fourth-order valence-corrected chi connectivity index (χ4v) is 5.28. The summed E-state index contributed by atoms with van der Waals surface area (Å²) < 4.78 is 1.04. The van der Waals surface area contributed by atoms with Gasteiger partial charge in [0.15, 0.2) is 0 Å². The molecule has 1 aliphatic heterocycles. The van der Waals surface area contributed by atoms with E-state index in [9.17, 15) is 14.4 Å². The maximum Gasteiger partial charge on any atom is 0.257 e. The van der Waals surface area contributed by atoms with Crippen LogP contribution in [-0.2, 0) is 20.9 Å². The Hall–Kier alpha value is -1.74. The van der Waals surface area contributed by atoms with E-state index in [-0.39, 0.29) is 30.1 Å². The summed E-state index contributed by atoms with van der Waals surface area (Å²) in [5, 5.41) is 1.97. The van der Waals surface area contributed by atoms with Gasteiger partial charge in [0.1, 0.15) is 6.04 Å². The van der Waals surface area contributed by atoms with E-state index in [0.29, 0.717) is 12.2 Å². The lowest BCUT2D eigenvalue weighted by Gasteiger charge is -2.32. The van der Waals surface area contributed by atoms with Crippen molar-refractivity contribution in [2.24, 2.45) is 5.92 Å². The Morgan fingerprint density at radius 1 is 1.10 bits per heavy atom. The van der Waals surface area contributed by atoms with Crippen LogP contribution in [0.4, 0.5) is 5.69 Å². The second-order valence-electron chi connectivity index (χ2n) is 7.64. The minimum Gasteiger partial charge on any atom is -0.325 e. The smallest absolute Gasteiger partial charge is 0.257 e. The number of rotatable bonds is 5. The topological polar surface area (TPSA) is 57.7 Å². The summed E-state index contributed by atoms with van der Waals surface area (Å²) in [6, 6.07) is 10.5. The second-order valence-corrected chi connectivity index (χ2v) is 9.92. The highest BCUT2D eigenvalue weighted by Gasteiger charge is 2.45. The molecule has 152 valence electrons. The number of hydrogen-bond donors (Lipinski definition) is 0. The molecule has 0 radical (unpaired) electrons. The number of nitrogens with zero attached hydrogens (tertiary/aromatic N) is 2. The molecule has 1 aromatic heterocycles. The monoisotopic (exact) mass is 522 g/mol. The molecule has 0 N–H and O–H groups in total. The number of imide groups is 1. The Morgan fingerprint density at radius 2 is 1.83 bits per heavy atom. The number of anilines is 1. The molecule has 4 rings (SSSR count). The second kappa shape index (κ2) is 8.95. The van der Waals surface area contributed by atoms with Gasteiger partial charge < -0.3 is 4.90 Å². The maximum absolute atomic E-state index is 13.4. The van der Waals surface area contributed by atoms with Crippen LogP contribution in [0.25, 0.3) is 0 Å². The highest BCUT2D eigenvalue weighted by molar-refractivity contribution is 14.1. The van der Waals surface area contributed by atoms with Crippen molar-refractivity contribution in [2.75, 3.05) is 4.90 Å². The van der Waals surface area contributed by atoms with Crippen molar-refractivity contribution in [1.29, 1.82) is 0 Å². The van der Waals surface area contributed by atoms with Crippen LogP contribution in [0.2, 0.25) is 0 Å². The van der Waals surface area contributed by atoms with E-state index in [1.165, 1.54) is 4.90 Å². The van der Waals surface area contributed by atoms with E-state index in [0.717, 1.165) is 40.6 Å². The molecule has 1 unspecified atom stereocenters. The van der Waals surface area contributed by atoms with Gasteiger partial charge in [0, 0.05) is 14.4 Å². The van der Waals surface area contributed by atoms with Crippen LogP contribution in [0.15, 0.2) is 41.8 Å². The number of thiophene rings is 1. The standard InChI is InChI=1S/C22H23IN2O3S/c23-16-8-10-17(11-9-16)25-20(26)13-19(22(25)28)24(14-18-7-4-12-29-18)21(27)15-5-2-1-3-6-15/h4,7-12,15,19H,1-3,5-6,13-14H2. The minimum absolute atomic E-state index is 0.0220. The Kier molecular flexibility index (Phi) is 6.34. The molecule has 2 aliphatic rings. The van der Waals surface area contributed by atoms with E-state index in [4.69, 9.17) is 0 Å². The number of benzene rings is 1. The maximum atomic E-state index is 13.4. The SMILES string of the molecule is O=C1CC(N(Cc2cccs2)C(=O)C2CCCCC2)C(=O)N1c1ccc(I)cc1. The first-order valence-electron chi connectivity index (χ1n) is 10.00. The predicted octanol–water partition coefficient (Wildman–Crippen LogP) is 4.59. The molecule has 0 bridgehead atoms. The zero-order chi connectivity index (χ0) is 20.4. The van der Waals surface area contributed by atoms with Crippen LogP contribution < -0.4 is 4.90 Å². The van der Waals surface area contributed by atoms with Gasteiger partial charge in [-0.3, -0.25) is 14.4 Å². The van der Waals surface area contributed by atoms with Gasteiger partial charge in [-0.2, -0.15) is 0 Å². The Bertz CT molecular complexity index is 891. The lowest BCUT2D eigenvalue weighted by atomic mass is 9.88. The largest absolute Gasteiger partial charge is 0.325 e. The number of amides is 3. The van der Waals surface area contributed by atoms with Crippen LogP contribution in [0.3, 0.4) is 0 Å². The van der Waals surface area contributed by atoms with Crippen LogP contribution in [-0.4, -0.2) is 28.7 Å². The third kappa shape index (κ3) is 4.40. The van der Waals surface area contributed by atoms with E-state index in [1.54, 1.807) is 28.4 Å². The van der Waals surface area contributed by atoms with Gasteiger partial charge in [-0.05, 0) is 71.1 Å². The first kappa shape index (κ1) is 20.5. The summed E-state index contributed by atoms with van der Waals surface area (Å²) in [6.07, 6.45) is 5.06. The van der Waals surface area contributed by atoms with Gasteiger partial charge >= 0.3 is 0 Å². The normalized spacial score (nSPS) is 20.3. The zero-order valence-electron chi connectivity index (χ0n) is 16.1. The van der Waals surface area contributed by atoms with Crippen molar-refractivity contribution in [3.63, 3.8) is 0 Å². The van der Waals surface area contributed by atoms with E-state index in [1.807, 2.05) is 29.6 Å². The fourth-order valence-electron chi connectivity index (χ4n) is 4.22. The number of carbonyl (C=O) groups excluding carboxylic acids is 3. The molecule has 2 fully saturated rings. The van der Waals surface area contributed by atoms with Crippen LogP contribution in [0.5, 0.6) is 0 Å². The summed E-state index contributed by atoms with van der Waals surface area (Å²) in [5.74, 6) is -0.557. The van der Waals surface area contributed by atoms with Crippen LogP contribution in [0, 0.1) is 9.49 Å². The molecule has 7 heteroatoms. The first-order valence-corrected chi connectivity index (χ1v) is 12.0. The molecule has 1 atom stereocenters. The van der Waals surface area contributed by atoms with Crippen LogP contribution >= 0.6 is 33.9 Å². The molecule has 1 saturated heterocycles. The van der Waals surface area contributed by atoms with Crippen LogP contribution in [0.1, 0.15) is 43.4 Å². The Morgan fingerprint density at radius 3 is 2.48 bits per heavy atom. The molecule has 29 heavy (non-hydrogen) atoms. The van der Waals surface area contributed by atoms with E-state index in [2.05, 4.69) is 22.6 Å². The minimum atomic E-state index is -0.724. The molecule has 1 aromatic carbocycles. The lowest BCUT2D eigenvalue weighted by molar-refractivity contribution is -0.143. The summed E-state index contributed by atoms with van der Waals surface area (Å²) in [4.78, 5) is 43.4. The fraction of sp³-hybridized carbons (Fsp3) is 0.409. The van der Waals surface area contributed by atoms with Gasteiger partial charge in [0.2, 0.25) is 11.8 Å². The van der Waals surface area contributed by atoms with Gasteiger partial charge in [0.05, 0.1) is 18.7 Å². The molecule has 2 aromatic rings. The first-order chi connectivity index (χ1) is 14.0. The Labute approximate surface area is 188 Å². The van der Waals surface area contributed by atoms with Crippen molar-refractivity contribution < 1.29 is 14.4 Å². The highest BCUT2D eigenvalue weighted by atomic mass is 127. The van der Waals surface area contributed by atoms with Gasteiger partial charge in [-0.1, -0.05) is 25.3 Å². The lowest BCUT2D eigenvalue weighted by Crippen LogP contribution is -2.47. The van der Waals surface area contributed by atoms with E-state index >= 15 is 0 Å². The van der Waals surface area contributed by atoms with Gasteiger partial charge in [-0.15, -0.1) is 11.3 Å². The molecule has 1 aliphatic carbocycles. The van der Waals surface area contributed by atoms with E-state index < -0.39 is 6.04 Å². The highest BCUT2D eigenvalue weighted by Crippen LogP contribution is 2.32. The molecular formula is C22H23IN2O3S. The van der Waals surface area contributed by atoms with Crippen molar-refractivity contribution in [1.82, 2.24) is 4.90 Å². The van der Waals surface area contributed by atoms with Gasteiger partial charge in [-0.25, -0.2) is 4.90 Å².